The molecule has 0 saturated carbocycles. The van der Waals surface area contributed by atoms with Gasteiger partial charge in [-0.15, -0.1) is 4.91 Å². The minimum atomic E-state index is -2.32. The molecule has 0 aromatic heterocycles. The molecule has 0 saturated heterocycles. The van der Waals surface area contributed by atoms with Gasteiger partial charge >= 0.3 is 8.25 Å². The Hall–Kier alpha value is -0.110. The summed E-state index contributed by atoms with van der Waals surface area (Å²) in [5.41, 5.74) is 0. The van der Waals surface area contributed by atoms with Crippen LogP contribution in [0.4, 0.5) is 0 Å². The minimum Gasteiger partial charge on any atom is -0.102 e. The normalized spacial score (nSPS) is 11.2. The maximum Gasteiger partial charge on any atom is 0.778 e. The Kier molecular flexibility index (Phi) is 4.68. The van der Waals surface area contributed by atoms with Gasteiger partial charge in [-0.05, 0) is 13.3 Å². The summed E-state index contributed by atoms with van der Waals surface area (Å²) in [5.74, 6) is 0. The van der Waals surface area contributed by atoms with Crippen molar-refractivity contribution in [3.05, 3.63) is 4.91 Å². The molecule has 0 aromatic rings. The minimum absolute atomic E-state index is 0.759. The monoisotopic (exact) mass is 170 g/mol. The second-order valence-electron chi connectivity index (χ2n) is 1.27. The summed E-state index contributed by atoms with van der Waals surface area (Å²) in [6.07, 6.45) is 0. The van der Waals surface area contributed by atoms with Gasteiger partial charge in [-0.1, -0.05) is 8.94 Å². The van der Waals surface area contributed by atoms with Crippen molar-refractivity contribution in [1.82, 2.24) is 0 Å². The van der Waals surface area contributed by atoms with Crippen LogP contribution in [0.3, 0.4) is 0 Å². The summed E-state index contributed by atoms with van der Waals surface area (Å²) in [7, 11) is -3.08. The molecule has 1 atom stereocenters. The van der Waals surface area contributed by atoms with Crippen molar-refractivity contribution < 1.29 is 13.5 Å². The van der Waals surface area contributed by atoms with Gasteiger partial charge in [-0.2, -0.15) is 0 Å². The molecule has 0 spiro atoms. The molecule has 0 aromatic carbocycles. The Morgan fingerprint density at radius 1 is 1.56 bits per heavy atom. The molecule has 5 nitrogen and oxygen atoms in total. The first-order valence-corrected chi connectivity index (χ1v) is 5.24. The standard InChI is InChI=1S/C2H6NO4P2/c1-8(2)7-9(5)6-3-4/h1-2H3/q+1. The number of rotatable bonds is 4. The van der Waals surface area contributed by atoms with Crippen molar-refractivity contribution in [2.75, 3.05) is 13.3 Å². The summed E-state index contributed by atoms with van der Waals surface area (Å²) in [4.78, 5) is 9.27. The molecule has 0 aliphatic carbocycles. The third-order valence-corrected chi connectivity index (χ3v) is 2.37. The van der Waals surface area contributed by atoms with E-state index in [-0.39, 0.29) is 0 Å². The van der Waals surface area contributed by atoms with Gasteiger partial charge in [0.1, 0.15) is 0 Å². The molecule has 0 N–H and O–H groups in total. The zero-order chi connectivity index (χ0) is 7.28. The van der Waals surface area contributed by atoms with Gasteiger partial charge in [0, 0.05) is 4.57 Å². The van der Waals surface area contributed by atoms with Gasteiger partial charge < -0.3 is 0 Å². The maximum absolute atomic E-state index is 10.3. The van der Waals surface area contributed by atoms with E-state index < -0.39 is 16.4 Å². The molecule has 7 heteroatoms. The zero-order valence-corrected chi connectivity index (χ0v) is 6.76. The number of hydrogen-bond donors (Lipinski definition) is 0. The Morgan fingerprint density at radius 3 is 2.44 bits per heavy atom. The van der Waals surface area contributed by atoms with Crippen LogP contribution in [-0.2, 0) is 13.5 Å². The SMILES string of the molecule is CP(C)O[P+](=O)ON=O. The highest BCUT2D eigenvalue weighted by Gasteiger charge is 2.24. The fraction of sp³-hybridized carbons (Fsp3) is 1.00. The Morgan fingerprint density at radius 2 is 2.11 bits per heavy atom. The Labute approximate surface area is 54.4 Å². The molecular formula is C2H6NO4P2+. The van der Waals surface area contributed by atoms with Crippen molar-refractivity contribution >= 4 is 16.4 Å². The van der Waals surface area contributed by atoms with Gasteiger partial charge in [-0.3, -0.25) is 0 Å². The summed E-state index contributed by atoms with van der Waals surface area (Å²) in [6, 6.07) is 0. The van der Waals surface area contributed by atoms with Crippen LogP contribution in [0.15, 0.2) is 5.34 Å². The Bertz CT molecular complexity index is 115. The summed E-state index contributed by atoms with van der Waals surface area (Å²) < 4.78 is 18.6. The highest BCUT2D eigenvalue weighted by Crippen LogP contribution is 2.41. The number of nitrogens with zero attached hydrogens (tertiary/aromatic N) is 1. The molecule has 52 valence electrons. The van der Waals surface area contributed by atoms with E-state index in [0.29, 0.717) is 0 Å². The number of hydrogen-bond acceptors (Lipinski definition) is 5. The van der Waals surface area contributed by atoms with E-state index in [0.717, 1.165) is 0 Å². The molecule has 9 heavy (non-hydrogen) atoms. The van der Waals surface area contributed by atoms with Crippen molar-refractivity contribution in [3.63, 3.8) is 0 Å². The maximum atomic E-state index is 10.3. The molecule has 0 rings (SSSR count). The van der Waals surface area contributed by atoms with Crippen LogP contribution < -0.4 is 0 Å². The molecule has 0 aliphatic heterocycles. The van der Waals surface area contributed by atoms with Crippen LogP contribution >= 0.6 is 16.4 Å². The van der Waals surface area contributed by atoms with Gasteiger partial charge in [-0.25, -0.2) is 0 Å². The highest BCUT2D eigenvalue weighted by molar-refractivity contribution is 7.58. The van der Waals surface area contributed by atoms with Gasteiger partial charge in [0.15, 0.2) is 0 Å². The smallest absolute Gasteiger partial charge is 0.102 e. The summed E-state index contributed by atoms with van der Waals surface area (Å²) >= 11 is 0. The lowest BCUT2D eigenvalue weighted by Gasteiger charge is -1.86. The third kappa shape index (κ3) is 5.77. The average Bonchev–Trinajstić information content (AvgIpc) is 1.63. The second-order valence-corrected chi connectivity index (χ2v) is 4.16. The lowest BCUT2D eigenvalue weighted by molar-refractivity contribution is 0.304. The first-order valence-electron chi connectivity index (χ1n) is 1.99. The third-order valence-electron chi connectivity index (χ3n) is 0.330. The first kappa shape index (κ1) is 8.89. The van der Waals surface area contributed by atoms with E-state index in [4.69, 9.17) is 0 Å². The fourth-order valence-corrected chi connectivity index (χ4v) is 1.42. The lowest BCUT2D eigenvalue weighted by Crippen LogP contribution is -1.69. The predicted octanol–water partition coefficient (Wildman–Crippen LogP) is 2.01. The van der Waals surface area contributed by atoms with Crippen LogP contribution in [-0.4, -0.2) is 13.3 Å². The molecule has 0 aliphatic rings. The van der Waals surface area contributed by atoms with E-state index in [1.54, 1.807) is 13.3 Å². The molecule has 0 fully saturated rings. The predicted molar refractivity (Wildman–Crippen MR) is 34.3 cm³/mol. The van der Waals surface area contributed by atoms with Crippen LogP contribution in [0, 0.1) is 4.91 Å². The zero-order valence-electron chi connectivity index (χ0n) is 4.97. The van der Waals surface area contributed by atoms with Crippen LogP contribution in [0.1, 0.15) is 0 Å². The highest BCUT2D eigenvalue weighted by atomic mass is 31.2. The van der Waals surface area contributed by atoms with E-state index in [2.05, 4.69) is 8.94 Å². The quantitative estimate of drug-likeness (QED) is 0.367. The van der Waals surface area contributed by atoms with Gasteiger partial charge in [0.2, 0.25) is 5.34 Å². The van der Waals surface area contributed by atoms with E-state index in [1.807, 2.05) is 5.34 Å². The Balaban J connectivity index is 3.38. The summed E-state index contributed by atoms with van der Waals surface area (Å²) in [5, 5.41) is 1.94. The first-order chi connectivity index (χ1) is 4.16. The second kappa shape index (κ2) is 4.74. The van der Waals surface area contributed by atoms with Crippen LogP contribution in [0.25, 0.3) is 0 Å². The van der Waals surface area contributed by atoms with Crippen LogP contribution in [0.5, 0.6) is 0 Å². The van der Waals surface area contributed by atoms with Crippen molar-refractivity contribution in [2.24, 2.45) is 5.34 Å². The van der Waals surface area contributed by atoms with Crippen molar-refractivity contribution in [1.29, 1.82) is 0 Å². The van der Waals surface area contributed by atoms with E-state index in [1.165, 1.54) is 0 Å². The van der Waals surface area contributed by atoms with Crippen molar-refractivity contribution in [2.45, 2.75) is 0 Å². The molecule has 0 amide bonds. The molecule has 0 bridgehead atoms. The molecular weight excluding hydrogens is 164 g/mol. The molecule has 1 unspecified atom stereocenters. The molecule has 0 radical (unpaired) electrons. The largest absolute Gasteiger partial charge is 0.778 e. The van der Waals surface area contributed by atoms with Crippen LogP contribution in [0.2, 0.25) is 0 Å². The van der Waals surface area contributed by atoms with Crippen molar-refractivity contribution in [3.8, 4) is 0 Å². The van der Waals surface area contributed by atoms with Gasteiger partial charge in [0.05, 0.1) is 8.15 Å². The fourth-order valence-electron chi connectivity index (χ4n) is 0.175. The lowest BCUT2D eigenvalue weighted by atomic mass is 11.9. The summed E-state index contributed by atoms with van der Waals surface area (Å²) in [6.45, 7) is 3.47. The van der Waals surface area contributed by atoms with E-state index >= 15 is 0 Å². The van der Waals surface area contributed by atoms with Gasteiger partial charge in [0.25, 0.3) is 0 Å². The van der Waals surface area contributed by atoms with E-state index in [9.17, 15) is 9.47 Å². The average molecular weight is 170 g/mol. The topological polar surface area (TPSA) is 65.0 Å². The molecule has 0 heterocycles.